The van der Waals surface area contributed by atoms with Gasteiger partial charge in [-0.25, -0.2) is 9.78 Å². The molecule has 5 aromatic rings. The van der Waals surface area contributed by atoms with Crippen molar-refractivity contribution in [2.45, 2.75) is 32.8 Å². The number of amides is 2. The molecule has 3 aromatic heterocycles. The summed E-state index contributed by atoms with van der Waals surface area (Å²) in [7, 11) is 0. The zero-order chi connectivity index (χ0) is 34.0. The van der Waals surface area contributed by atoms with Crippen LogP contribution in [0, 0.1) is 0 Å². The van der Waals surface area contributed by atoms with E-state index in [0.717, 1.165) is 5.57 Å². The van der Waals surface area contributed by atoms with E-state index in [2.05, 4.69) is 15.3 Å². The highest BCUT2D eigenvalue weighted by molar-refractivity contribution is 6.04. The number of carbonyl (C=O) groups excluding carboxylic acids is 2. The quantitative estimate of drug-likeness (QED) is 0.181. The predicted octanol–water partition coefficient (Wildman–Crippen LogP) is 6.26. The summed E-state index contributed by atoms with van der Waals surface area (Å²) in [4.78, 5) is 49.9. The van der Waals surface area contributed by atoms with Gasteiger partial charge >= 0.3 is 6.09 Å². The Kier molecular flexibility index (Phi) is 8.55. The molecule has 0 atom stereocenters. The molecule has 0 aliphatic carbocycles. The number of anilines is 1. The highest BCUT2D eigenvalue weighted by Crippen LogP contribution is 2.35. The van der Waals surface area contributed by atoms with Crippen LogP contribution in [0.1, 0.15) is 43.1 Å². The van der Waals surface area contributed by atoms with Gasteiger partial charge in [-0.15, -0.1) is 0 Å². The van der Waals surface area contributed by atoms with E-state index in [9.17, 15) is 24.6 Å². The molecule has 48 heavy (non-hydrogen) atoms. The largest absolute Gasteiger partial charge is 0.504 e. The van der Waals surface area contributed by atoms with Crippen molar-refractivity contribution in [2.75, 3.05) is 18.4 Å². The number of rotatable bonds is 6. The molecule has 4 heterocycles. The van der Waals surface area contributed by atoms with Crippen molar-refractivity contribution in [3.63, 3.8) is 0 Å². The first-order valence-corrected chi connectivity index (χ1v) is 15.2. The minimum absolute atomic E-state index is 0.0831. The van der Waals surface area contributed by atoms with Gasteiger partial charge in [0, 0.05) is 42.6 Å². The standard InChI is InChI=1S/C36H33N5O7/c1-36(2,3)48-35(46)40-15-12-22(13-16-40)23-17-27(34(45)41(21-23)24-7-5-4-6-8-24)33(44)39-32-10-9-25(20-38-32)47-31-11-14-37-28-19-30(43)29(42)18-26(28)31/h4-12,14,17-21,42-43H,13,15-16H2,1-3H3,(H,38,39,44). The number of pyridine rings is 3. The fourth-order valence-corrected chi connectivity index (χ4v) is 5.18. The molecular formula is C36H33N5O7. The average molecular weight is 648 g/mol. The number of phenols is 2. The molecule has 3 N–H and O–H groups in total. The van der Waals surface area contributed by atoms with Gasteiger partial charge in [0.05, 0.1) is 11.7 Å². The van der Waals surface area contributed by atoms with E-state index in [-0.39, 0.29) is 22.9 Å². The minimum atomic E-state index is -0.644. The average Bonchev–Trinajstić information content (AvgIpc) is 3.06. The highest BCUT2D eigenvalue weighted by atomic mass is 16.6. The third-order valence-electron chi connectivity index (χ3n) is 7.53. The summed E-state index contributed by atoms with van der Waals surface area (Å²) < 4.78 is 12.9. The maximum absolute atomic E-state index is 13.7. The van der Waals surface area contributed by atoms with Crippen molar-refractivity contribution in [3.05, 3.63) is 113 Å². The first kappa shape index (κ1) is 31.8. The lowest BCUT2D eigenvalue weighted by Crippen LogP contribution is -2.39. The number of hydrogen-bond donors (Lipinski definition) is 3. The topological polar surface area (TPSA) is 156 Å². The molecule has 12 heteroatoms. The van der Waals surface area contributed by atoms with Crippen molar-refractivity contribution in [3.8, 4) is 28.7 Å². The Hall–Kier alpha value is -6.17. The summed E-state index contributed by atoms with van der Waals surface area (Å²) in [6, 6.07) is 18.0. The van der Waals surface area contributed by atoms with Crippen LogP contribution in [0.4, 0.5) is 10.6 Å². The molecule has 244 valence electrons. The number of ether oxygens (including phenoxy) is 2. The number of nitrogens with one attached hydrogen (secondary N) is 1. The second-order valence-corrected chi connectivity index (χ2v) is 12.2. The number of hydrogen-bond acceptors (Lipinski definition) is 9. The van der Waals surface area contributed by atoms with E-state index in [1.165, 1.54) is 35.2 Å². The Morgan fingerprint density at radius 2 is 1.73 bits per heavy atom. The number of phenolic OH excluding ortho intramolecular Hbond substituents is 2. The molecule has 2 aromatic carbocycles. The molecule has 1 aliphatic heterocycles. The summed E-state index contributed by atoms with van der Waals surface area (Å²) in [5, 5.41) is 22.9. The molecular weight excluding hydrogens is 614 g/mol. The van der Waals surface area contributed by atoms with E-state index in [0.29, 0.717) is 53.2 Å². The second kappa shape index (κ2) is 12.9. The maximum atomic E-state index is 13.7. The van der Waals surface area contributed by atoms with Crippen LogP contribution in [-0.4, -0.2) is 60.3 Å². The van der Waals surface area contributed by atoms with Gasteiger partial charge in [0.1, 0.15) is 28.5 Å². The van der Waals surface area contributed by atoms with E-state index in [4.69, 9.17) is 9.47 Å². The number of fused-ring (bicyclic) bond motifs is 1. The number of para-hydroxylation sites is 1. The molecule has 0 fully saturated rings. The van der Waals surface area contributed by atoms with Gasteiger partial charge < -0.3 is 29.9 Å². The molecule has 0 saturated carbocycles. The molecule has 0 unspecified atom stereocenters. The van der Waals surface area contributed by atoms with Crippen LogP contribution in [0.2, 0.25) is 0 Å². The summed E-state index contributed by atoms with van der Waals surface area (Å²) in [6.07, 6.45) is 6.63. The summed E-state index contributed by atoms with van der Waals surface area (Å²) in [6.45, 7) is 6.20. The van der Waals surface area contributed by atoms with Gasteiger partial charge in [0.2, 0.25) is 0 Å². The molecule has 6 rings (SSSR count). The van der Waals surface area contributed by atoms with E-state index < -0.39 is 23.2 Å². The van der Waals surface area contributed by atoms with Crippen molar-refractivity contribution in [1.82, 2.24) is 19.4 Å². The highest BCUT2D eigenvalue weighted by Gasteiger charge is 2.25. The number of benzene rings is 2. The second-order valence-electron chi connectivity index (χ2n) is 12.2. The van der Waals surface area contributed by atoms with Gasteiger partial charge in [0.15, 0.2) is 11.5 Å². The van der Waals surface area contributed by atoms with Gasteiger partial charge in [-0.1, -0.05) is 24.3 Å². The molecule has 0 bridgehead atoms. The van der Waals surface area contributed by atoms with Crippen LogP contribution >= 0.6 is 0 Å². The summed E-state index contributed by atoms with van der Waals surface area (Å²) in [5.41, 5.74) is 1.38. The summed E-state index contributed by atoms with van der Waals surface area (Å²) in [5.74, 6) is -0.348. The lowest BCUT2D eigenvalue weighted by Gasteiger charge is -2.29. The van der Waals surface area contributed by atoms with Crippen LogP contribution in [0.3, 0.4) is 0 Å². The van der Waals surface area contributed by atoms with Crippen LogP contribution in [0.5, 0.6) is 23.0 Å². The Morgan fingerprint density at radius 3 is 2.42 bits per heavy atom. The lowest BCUT2D eigenvalue weighted by atomic mass is 9.99. The number of aromatic hydroxyl groups is 2. The fraction of sp³-hybridized carbons (Fsp3) is 0.194. The Labute approximate surface area is 275 Å². The van der Waals surface area contributed by atoms with Crippen LogP contribution in [0.15, 0.2) is 96.2 Å². The smallest absolute Gasteiger partial charge is 0.410 e. The molecule has 0 radical (unpaired) electrons. The molecule has 2 amide bonds. The fourth-order valence-electron chi connectivity index (χ4n) is 5.18. The van der Waals surface area contributed by atoms with Gasteiger partial charge in [-0.2, -0.15) is 0 Å². The Morgan fingerprint density at radius 1 is 0.958 bits per heavy atom. The molecule has 1 aliphatic rings. The van der Waals surface area contributed by atoms with Crippen molar-refractivity contribution in [1.29, 1.82) is 0 Å². The van der Waals surface area contributed by atoms with E-state index >= 15 is 0 Å². The molecule has 12 nitrogen and oxygen atoms in total. The lowest BCUT2D eigenvalue weighted by molar-refractivity contribution is 0.0270. The molecule has 0 spiro atoms. The Balaban J connectivity index is 1.24. The van der Waals surface area contributed by atoms with E-state index in [1.807, 2.05) is 45.0 Å². The van der Waals surface area contributed by atoms with Crippen molar-refractivity contribution in [2.24, 2.45) is 0 Å². The number of nitrogens with zero attached hydrogens (tertiary/aromatic N) is 4. The Bertz CT molecular complexity index is 2100. The van der Waals surface area contributed by atoms with Crippen molar-refractivity contribution >= 4 is 34.3 Å². The van der Waals surface area contributed by atoms with Crippen molar-refractivity contribution < 1.29 is 29.3 Å². The number of aromatic nitrogens is 3. The maximum Gasteiger partial charge on any atom is 0.410 e. The van der Waals surface area contributed by atoms with Gasteiger partial charge in [-0.05, 0) is 80.8 Å². The third kappa shape index (κ3) is 6.97. The van der Waals surface area contributed by atoms with Gasteiger partial charge in [0.25, 0.3) is 11.5 Å². The first-order chi connectivity index (χ1) is 22.9. The zero-order valence-corrected chi connectivity index (χ0v) is 26.5. The normalized spacial score (nSPS) is 13.1. The van der Waals surface area contributed by atoms with Crippen LogP contribution < -0.4 is 15.6 Å². The van der Waals surface area contributed by atoms with Crippen LogP contribution in [-0.2, 0) is 4.74 Å². The zero-order valence-electron chi connectivity index (χ0n) is 26.5. The SMILES string of the molecule is CC(C)(C)OC(=O)N1CC=C(c2cc(C(=O)Nc3ccc(Oc4ccnc5cc(O)c(O)cc45)cn3)c(=O)n(-c3ccccc3)c2)CC1. The third-order valence-corrected chi connectivity index (χ3v) is 7.53. The van der Waals surface area contributed by atoms with Crippen LogP contribution in [0.25, 0.3) is 22.2 Å². The van der Waals surface area contributed by atoms with E-state index in [1.54, 1.807) is 41.4 Å². The predicted molar refractivity (Wildman–Crippen MR) is 180 cm³/mol. The minimum Gasteiger partial charge on any atom is -0.504 e. The first-order valence-electron chi connectivity index (χ1n) is 15.2. The monoisotopic (exact) mass is 647 g/mol. The van der Waals surface area contributed by atoms with Gasteiger partial charge in [-0.3, -0.25) is 19.1 Å². The summed E-state index contributed by atoms with van der Waals surface area (Å²) >= 11 is 0. The molecule has 0 saturated heterocycles. The number of carbonyl (C=O) groups is 2.